The molecule has 0 saturated heterocycles. The summed E-state index contributed by atoms with van der Waals surface area (Å²) in [5.41, 5.74) is 4.15. The van der Waals surface area contributed by atoms with Gasteiger partial charge in [-0.1, -0.05) is 65.3 Å². The van der Waals surface area contributed by atoms with Crippen LogP contribution < -0.4 is 0 Å². The van der Waals surface area contributed by atoms with Gasteiger partial charge in [-0.05, 0) is 33.3 Å². The minimum Gasteiger partial charge on any atom is -0.228 e. The third kappa shape index (κ3) is 7.09. The van der Waals surface area contributed by atoms with Crippen molar-refractivity contribution in [2.45, 2.75) is 27.7 Å². The van der Waals surface area contributed by atoms with E-state index in [0.717, 1.165) is 22.3 Å². The van der Waals surface area contributed by atoms with E-state index < -0.39 is 9.84 Å². The van der Waals surface area contributed by atoms with Gasteiger partial charge in [0.1, 0.15) is 0 Å². The lowest BCUT2D eigenvalue weighted by molar-refractivity contribution is 0.601. The SMILES string of the molecule is CC(C)=C(C)CS(=O)(=O)C/C=C/C(C)=C/c1ccccc1. The Hall–Kier alpha value is -1.61. The molecule has 0 heterocycles. The number of hydrogen-bond acceptors (Lipinski definition) is 2. The Morgan fingerprint density at radius 3 is 2.24 bits per heavy atom. The maximum Gasteiger partial charge on any atom is 0.157 e. The van der Waals surface area contributed by atoms with E-state index in [9.17, 15) is 8.42 Å². The van der Waals surface area contributed by atoms with E-state index in [1.165, 1.54) is 0 Å². The maximum absolute atomic E-state index is 12.0. The van der Waals surface area contributed by atoms with Crippen LogP contribution in [0.15, 0.2) is 59.2 Å². The van der Waals surface area contributed by atoms with Gasteiger partial charge in [-0.25, -0.2) is 8.42 Å². The van der Waals surface area contributed by atoms with Gasteiger partial charge in [0.25, 0.3) is 0 Å². The van der Waals surface area contributed by atoms with Crippen molar-refractivity contribution >= 4 is 15.9 Å². The molecule has 0 radical (unpaired) electrons. The van der Waals surface area contributed by atoms with Crippen molar-refractivity contribution in [1.82, 2.24) is 0 Å². The molecule has 0 aliphatic heterocycles. The van der Waals surface area contributed by atoms with Crippen LogP contribution in [-0.4, -0.2) is 19.9 Å². The number of hydrogen-bond donors (Lipinski definition) is 0. The lowest BCUT2D eigenvalue weighted by Crippen LogP contribution is -2.11. The van der Waals surface area contributed by atoms with Crippen LogP contribution in [-0.2, 0) is 9.84 Å². The zero-order valence-electron chi connectivity index (χ0n) is 13.3. The predicted octanol–water partition coefficient (Wildman–Crippen LogP) is 4.42. The molecule has 2 nitrogen and oxygen atoms in total. The molecular weight excluding hydrogens is 280 g/mol. The van der Waals surface area contributed by atoms with Gasteiger partial charge < -0.3 is 0 Å². The standard InChI is InChI=1S/C18H24O2S/c1-15(2)17(4)14-21(19,20)12-8-9-16(3)13-18-10-6-5-7-11-18/h5-11,13H,12,14H2,1-4H3/b9-8+,16-13+. The highest BCUT2D eigenvalue weighted by Crippen LogP contribution is 2.09. The van der Waals surface area contributed by atoms with Crippen LogP contribution in [0.5, 0.6) is 0 Å². The van der Waals surface area contributed by atoms with Gasteiger partial charge in [0.05, 0.1) is 11.5 Å². The lowest BCUT2D eigenvalue weighted by atomic mass is 10.1. The highest BCUT2D eigenvalue weighted by molar-refractivity contribution is 7.91. The van der Waals surface area contributed by atoms with Crippen molar-refractivity contribution in [3.63, 3.8) is 0 Å². The third-order valence-electron chi connectivity index (χ3n) is 3.21. The van der Waals surface area contributed by atoms with Gasteiger partial charge >= 0.3 is 0 Å². The lowest BCUT2D eigenvalue weighted by Gasteiger charge is -2.04. The normalized spacial score (nSPS) is 12.7. The van der Waals surface area contributed by atoms with Crippen molar-refractivity contribution < 1.29 is 8.42 Å². The molecule has 0 aliphatic carbocycles. The van der Waals surface area contributed by atoms with Gasteiger partial charge in [-0.3, -0.25) is 0 Å². The first-order valence-electron chi connectivity index (χ1n) is 7.03. The molecular formula is C18H24O2S. The number of benzene rings is 1. The molecule has 21 heavy (non-hydrogen) atoms. The summed E-state index contributed by atoms with van der Waals surface area (Å²) in [6, 6.07) is 9.98. The van der Waals surface area contributed by atoms with Crippen molar-refractivity contribution in [3.05, 3.63) is 64.8 Å². The van der Waals surface area contributed by atoms with Gasteiger partial charge in [0, 0.05) is 0 Å². The van der Waals surface area contributed by atoms with Gasteiger partial charge in [0.15, 0.2) is 9.84 Å². The Morgan fingerprint density at radius 1 is 1.05 bits per heavy atom. The fraction of sp³-hybridized carbons (Fsp3) is 0.333. The third-order valence-corrected chi connectivity index (χ3v) is 4.79. The van der Waals surface area contributed by atoms with Crippen LogP contribution in [0.1, 0.15) is 33.3 Å². The maximum atomic E-state index is 12.0. The second-order valence-corrected chi connectivity index (χ2v) is 7.65. The Labute approximate surface area is 128 Å². The molecule has 0 bridgehead atoms. The summed E-state index contributed by atoms with van der Waals surface area (Å²) >= 11 is 0. The summed E-state index contributed by atoms with van der Waals surface area (Å²) < 4.78 is 24.0. The van der Waals surface area contributed by atoms with Gasteiger partial charge in [-0.2, -0.15) is 0 Å². The Morgan fingerprint density at radius 2 is 1.67 bits per heavy atom. The summed E-state index contributed by atoms with van der Waals surface area (Å²) in [4.78, 5) is 0. The number of rotatable bonds is 6. The van der Waals surface area contributed by atoms with Gasteiger partial charge in [-0.15, -0.1) is 0 Å². The molecule has 3 heteroatoms. The van der Waals surface area contributed by atoms with Crippen molar-refractivity contribution in [1.29, 1.82) is 0 Å². The molecule has 1 aromatic rings. The van der Waals surface area contributed by atoms with Crippen LogP contribution in [0.25, 0.3) is 6.08 Å². The van der Waals surface area contributed by atoms with Crippen LogP contribution in [0.4, 0.5) is 0 Å². The van der Waals surface area contributed by atoms with E-state index in [-0.39, 0.29) is 11.5 Å². The number of sulfone groups is 1. The molecule has 0 atom stereocenters. The zero-order chi connectivity index (χ0) is 15.9. The summed E-state index contributed by atoms with van der Waals surface area (Å²) in [5, 5.41) is 0. The molecule has 1 aromatic carbocycles. The average Bonchev–Trinajstić information content (AvgIpc) is 2.38. The van der Waals surface area contributed by atoms with Crippen molar-refractivity contribution in [2.24, 2.45) is 0 Å². The molecule has 0 aromatic heterocycles. The van der Waals surface area contributed by atoms with E-state index in [1.807, 2.05) is 70.2 Å². The van der Waals surface area contributed by atoms with Crippen LogP contribution in [0, 0.1) is 0 Å². The molecule has 0 N–H and O–H groups in total. The molecule has 0 amide bonds. The molecule has 0 unspecified atom stereocenters. The van der Waals surface area contributed by atoms with Crippen LogP contribution >= 0.6 is 0 Å². The van der Waals surface area contributed by atoms with Crippen molar-refractivity contribution in [3.8, 4) is 0 Å². The molecule has 1 rings (SSSR count). The second kappa shape index (κ2) is 7.99. The smallest absolute Gasteiger partial charge is 0.157 e. The fourth-order valence-corrected chi connectivity index (χ4v) is 3.23. The molecule has 0 saturated carbocycles. The van der Waals surface area contributed by atoms with Crippen LogP contribution in [0.3, 0.4) is 0 Å². The first kappa shape index (κ1) is 17.4. The van der Waals surface area contributed by atoms with Crippen molar-refractivity contribution in [2.75, 3.05) is 11.5 Å². The summed E-state index contributed by atoms with van der Waals surface area (Å²) in [5.74, 6) is 0.221. The number of allylic oxidation sites excluding steroid dienone is 3. The van der Waals surface area contributed by atoms with E-state index in [4.69, 9.17) is 0 Å². The minimum atomic E-state index is -3.07. The van der Waals surface area contributed by atoms with E-state index in [1.54, 1.807) is 6.08 Å². The largest absolute Gasteiger partial charge is 0.228 e. The van der Waals surface area contributed by atoms with Crippen LogP contribution in [0.2, 0.25) is 0 Å². The first-order chi connectivity index (χ1) is 9.80. The summed E-state index contributed by atoms with van der Waals surface area (Å²) in [7, 11) is -3.07. The highest BCUT2D eigenvalue weighted by Gasteiger charge is 2.09. The van der Waals surface area contributed by atoms with E-state index >= 15 is 0 Å². The topological polar surface area (TPSA) is 34.1 Å². The molecule has 0 aliphatic rings. The second-order valence-electron chi connectivity index (χ2n) is 5.54. The predicted molar refractivity (Wildman–Crippen MR) is 91.9 cm³/mol. The molecule has 0 fully saturated rings. The average molecular weight is 304 g/mol. The quantitative estimate of drug-likeness (QED) is 0.576. The Kier molecular flexibility index (Phi) is 6.63. The first-order valence-corrected chi connectivity index (χ1v) is 8.85. The summed E-state index contributed by atoms with van der Waals surface area (Å²) in [6.07, 6.45) is 5.62. The minimum absolute atomic E-state index is 0.0809. The molecule has 0 spiro atoms. The Bertz CT molecular complexity index is 644. The fourth-order valence-electron chi connectivity index (χ4n) is 1.77. The highest BCUT2D eigenvalue weighted by atomic mass is 32.2. The summed E-state index contributed by atoms with van der Waals surface area (Å²) in [6.45, 7) is 7.72. The van der Waals surface area contributed by atoms with E-state index in [0.29, 0.717) is 0 Å². The molecule has 114 valence electrons. The van der Waals surface area contributed by atoms with Gasteiger partial charge in [0.2, 0.25) is 0 Å². The van der Waals surface area contributed by atoms with E-state index in [2.05, 4.69) is 0 Å². The zero-order valence-corrected chi connectivity index (χ0v) is 14.1. The Balaban J connectivity index is 2.66. The monoisotopic (exact) mass is 304 g/mol.